The van der Waals surface area contributed by atoms with E-state index in [2.05, 4.69) is 0 Å². The Morgan fingerprint density at radius 1 is 1.07 bits per heavy atom. The molecule has 1 aromatic rings. The lowest BCUT2D eigenvalue weighted by atomic mass is 9.79. The number of sulfone groups is 1. The lowest BCUT2D eigenvalue weighted by molar-refractivity contribution is -0.123. The first-order chi connectivity index (χ1) is 12.6. The standard InChI is InChI=1S/C21H31NO4S/c1-15(2)27(25,26)14-18-5-9-19(10-6-18)21(24)13-17-7-11-20(12-8-17)22(4)16(3)23/h7-8,11-12,15,18-19H,5-6,9-10,13-14H2,1-4H3. The molecule has 0 heterocycles. The molecule has 27 heavy (non-hydrogen) atoms. The molecule has 0 aliphatic heterocycles. The SMILES string of the molecule is CC(=O)N(C)c1ccc(CC(=O)C2CCC(CS(=O)(=O)C(C)C)CC2)cc1. The predicted molar refractivity (Wildman–Crippen MR) is 109 cm³/mol. The van der Waals surface area contributed by atoms with E-state index in [1.165, 1.54) is 6.92 Å². The fourth-order valence-electron chi connectivity index (χ4n) is 3.54. The Morgan fingerprint density at radius 3 is 2.11 bits per heavy atom. The van der Waals surface area contributed by atoms with Crippen LogP contribution in [0.3, 0.4) is 0 Å². The zero-order valence-corrected chi connectivity index (χ0v) is 17.6. The number of Topliss-reactive ketones (excluding diaryl/α,β-unsaturated/α-hetero) is 1. The molecule has 0 aromatic heterocycles. The number of hydrogen-bond acceptors (Lipinski definition) is 4. The fourth-order valence-corrected chi connectivity index (χ4v) is 4.91. The van der Waals surface area contributed by atoms with Crippen LogP contribution in [0.1, 0.15) is 52.0 Å². The Labute approximate surface area is 163 Å². The summed E-state index contributed by atoms with van der Waals surface area (Å²) in [4.78, 5) is 25.6. The van der Waals surface area contributed by atoms with E-state index < -0.39 is 9.84 Å². The second-order valence-corrected chi connectivity index (χ2v) is 10.6. The molecular formula is C21H31NO4S. The summed E-state index contributed by atoms with van der Waals surface area (Å²) in [5, 5.41) is -0.332. The van der Waals surface area contributed by atoms with Crippen LogP contribution < -0.4 is 4.90 Å². The minimum atomic E-state index is -3.01. The molecule has 150 valence electrons. The van der Waals surface area contributed by atoms with Crippen LogP contribution >= 0.6 is 0 Å². The summed E-state index contributed by atoms with van der Waals surface area (Å²) in [6, 6.07) is 7.51. The third-order valence-electron chi connectivity index (χ3n) is 5.66. The van der Waals surface area contributed by atoms with Crippen LogP contribution in [-0.4, -0.2) is 38.2 Å². The maximum Gasteiger partial charge on any atom is 0.223 e. The molecule has 5 nitrogen and oxygen atoms in total. The molecule has 1 aliphatic carbocycles. The van der Waals surface area contributed by atoms with E-state index in [4.69, 9.17) is 0 Å². The van der Waals surface area contributed by atoms with Crippen LogP contribution in [0.5, 0.6) is 0 Å². The van der Waals surface area contributed by atoms with Gasteiger partial charge in [0, 0.05) is 32.0 Å². The molecule has 0 radical (unpaired) electrons. The first-order valence-electron chi connectivity index (χ1n) is 9.67. The van der Waals surface area contributed by atoms with Crippen molar-refractivity contribution in [2.24, 2.45) is 11.8 Å². The van der Waals surface area contributed by atoms with Gasteiger partial charge in [-0.25, -0.2) is 8.42 Å². The summed E-state index contributed by atoms with van der Waals surface area (Å²) in [5.41, 5.74) is 1.76. The number of ketones is 1. The van der Waals surface area contributed by atoms with E-state index in [0.29, 0.717) is 6.42 Å². The summed E-state index contributed by atoms with van der Waals surface area (Å²) >= 11 is 0. The smallest absolute Gasteiger partial charge is 0.223 e. The van der Waals surface area contributed by atoms with Gasteiger partial charge in [-0.2, -0.15) is 0 Å². The number of amides is 1. The molecule has 6 heteroatoms. The molecule has 1 aliphatic rings. The highest BCUT2D eigenvalue weighted by Gasteiger charge is 2.29. The van der Waals surface area contributed by atoms with Crippen molar-refractivity contribution >= 4 is 27.2 Å². The van der Waals surface area contributed by atoms with Gasteiger partial charge in [0.1, 0.15) is 5.78 Å². The summed E-state index contributed by atoms with van der Waals surface area (Å²) < 4.78 is 24.2. The Balaban J connectivity index is 1.87. The molecule has 1 saturated carbocycles. The summed E-state index contributed by atoms with van der Waals surface area (Å²) in [5.74, 6) is 0.657. The van der Waals surface area contributed by atoms with Crippen molar-refractivity contribution < 1.29 is 18.0 Å². The Morgan fingerprint density at radius 2 is 1.63 bits per heavy atom. The molecule has 0 saturated heterocycles. The average molecular weight is 394 g/mol. The Bertz CT molecular complexity index is 760. The van der Waals surface area contributed by atoms with E-state index in [-0.39, 0.29) is 34.5 Å². The molecular weight excluding hydrogens is 362 g/mol. The van der Waals surface area contributed by atoms with Crippen molar-refractivity contribution in [2.75, 3.05) is 17.7 Å². The largest absolute Gasteiger partial charge is 0.316 e. The summed E-state index contributed by atoms with van der Waals surface area (Å²) in [7, 11) is -1.29. The van der Waals surface area contributed by atoms with Crippen molar-refractivity contribution in [3.63, 3.8) is 0 Å². The van der Waals surface area contributed by atoms with Crippen LogP contribution in [0.2, 0.25) is 0 Å². The van der Waals surface area contributed by atoms with Crippen molar-refractivity contribution in [3.05, 3.63) is 29.8 Å². The molecule has 1 fully saturated rings. The maximum absolute atomic E-state index is 12.6. The minimum Gasteiger partial charge on any atom is -0.316 e. The predicted octanol–water partition coefficient (Wildman–Crippen LogP) is 3.41. The number of carbonyl (C=O) groups excluding carboxylic acids is 2. The van der Waals surface area contributed by atoms with Gasteiger partial charge in [-0.15, -0.1) is 0 Å². The first kappa shape index (κ1) is 21.6. The highest BCUT2D eigenvalue weighted by Crippen LogP contribution is 2.31. The van der Waals surface area contributed by atoms with Gasteiger partial charge in [0.2, 0.25) is 5.91 Å². The first-order valence-corrected chi connectivity index (χ1v) is 11.4. The van der Waals surface area contributed by atoms with Crippen LogP contribution in [-0.2, 0) is 25.8 Å². The van der Waals surface area contributed by atoms with Gasteiger partial charge in [0.15, 0.2) is 9.84 Å². The molecule has 0 bridgehead atoms. The van der Waals surface area contributed by atoms with Gasteiger partial charge in [-0.05, 0) is 63.1 Å². The lowest BCUT2D eigenvalue weighted by Gasteiger charge is -2.28. The molecule has 1 amide bonds. The molecule has 0 N–H and O–H groups in total. The van der Waals surface area contributed by atoms with Gasteiger partial charge < -0.3 is 4.90 Å². The third-order valence-corrected chi connectivity index (χ3v) is 8.04. The molecule has 0 spiro atoms. The summed E-state index contributed by atoms with van der Waals surface area (Å²) in [6.45, 7) is 4.97. The molecule has 0 unspecified atom stereocenters. The monoisotopic (exact) mass is 393 g/mol. The lowest BCUT2D eigenvalue weighted by Crippen LogP contribution is -2.29. The second-order valence-electron chi connectivity index (χ2n) is 7.98. The number of carbonyl (C=O) groups is 2. The van der Waals surface area contributed by atoms with Crippen molar-refractivity contribution in [2.45, 2.75) is 58.1 Å². The highest BCUT2D eigenvalue weighted by atomic mass is 32.2. The molecule has 1 aromatic carbocycles. The van der Waals surface area contributed by atoms with E-state index in [0.717, 1.165) is 36.9 Å². The molecule has 0 atom stereocenters. The number of anilines is 1. The van der Waals surface area contributed by atoms with Crippen LogP contribution in [0.15, 0.2) is 24.3 Å². The number of nitrogens with zero attached hydrogens (tertiary/aromatic N) is 1. The maximum atomic E-state index is 12.6. The van der Waals surface area contributed by atoms with Crippen LogP contribution in [0, 0.1) is 11.8 Å². The van der Waals surface area contributed by atoms with E-state index in [9.17, 15) is 18.0 Å². The quantitative estimate of drug-likeness (QED) is 0.712. The van der Waals surface area contributed by atoms with E-state index in [1.54, 1.807) is 25.8 Å². The van der Waals surface area contributed by atoms with Gasteiger partial charge >= 0.3 is 0 Å². The Hall–Kier alpha value is -1.69. The number of hydrogen-bond donors (Lipinski definition) is 0. The van der Waals surface area contributed by atoms with Crippen molar-refractivity contribution in [3.8, 4) is 0 Å². The fraction of sp³-hybridized carbons (Fsp3) is 0.619. The van der Waals surface area contributed by atoms with Crippen LogP contribution in [0.4, 0.5) is 5.69 Å². The zero-order chi connectivity index (χ0) is 20.2. The third kappa shape index (κ3) is 5.89. The highest BCUT2D eigenvalue weighted by molar-refractivity contribution is 7.91. The zero-order valence-electron chi connectivity index (χ0n) is 16.8. The summed E-state index contributed by atoms with van der Waals surface area (Å²) in [6.07, 6.45) is 3.57. The van der Waals surface area contributed by atoms with Gasteiger partial charge in [-0.3, -0.25) is 9.59 Å². The van der Waals surface area contributed by atoms with Crippen LogP contribution in [0.25, 0.3) is 0 Å². The second kappa shape index (κ2) is 9.00. The minimum absolute atomic E-state index is 0.0302. The van der Waals surface area contributed by atoms with E-state index >= 15 is 0 Å². The molecule has 2 rings (SSSR count). The van der Waals surface area contributed by atoms with Crippen molar-refractivity contribution in [1.29, 1.82) is 0 Å². The Kier molecular flexibility index (Phi) is 7.20. The number of benzene rings is 1. The van der Waals surface area contributed by atoms with Gasteiger partial charge in [-0.1, -0.05) is 12.1 Å². The number of rotatable bonds is 7. The normalized spacial score (nSPS) is 20.5. The topological polar surface area (TPSA) is 71.5 Å². The van der Waals surface area contributed by atoms with Gasteiger partial charge in [0.25, 0.3) is 0 Å². The van der Waals surface area contributed by atoms with Crippen molar-refractivity contribution in [1.82, 2.24) is 0 Å². The van der Waals surface area contributed by atoms with E-state index in [1.807, 2.05) is 24.3 Å². The van der Waals surface area contributed by atoms with Gasteiger partial charge in [0.05, 0.1) is 11.0 Å². The average Bonchev–Trinajstić information content (AvgIpc) is 2.61.